The van der Waals surface area contributed by atoms with Crippen LogP contribution in [0.4, 0.5) is 0 Å². The van der Waals surface area contributed by atoms with Crippen molar-refractivity contribution in [1.82, 2.24) is 14.5 Å². The maximum Gasteiger partial charge on any atom is 0.145 e. The van der Waals surface area contributed by atoms with Gasteiger partial charge in [0.25, 0.3) is 0 Å². The minimum Gasteiger partial charge on any atom is -0.288 e. The van der Waals surface area contributed by atoms with E-state index in [1.807, 2.05) is 42.1 Å². The molecule has 0 aliphatic carbocycles. The number of aromatic nitrogens is 3. The van der Waals surface area contributed by atoms with Gasteiger partial charge in [-0.25, -0.2) is 9.97 Å². The van der Waals surface area contributed by atoms with Crippen molar-refractivity contribution in [3.63, 3.8) is 0 Å². The average molecular weight is 288 g/mol. The average Bonchev–Trinajstić information content (AvgIpc) is 2.75. The van der Waals surface area contributed by atoms with Gasteiger partial charge in [0.15, 0.2) is 0 Å². The number of nitrogens with zero attached hydrogens (tertiary/aromatic N) is 3. The second kappa shape index (κ2) is 3.96. The zero-order valence-electron chi connectivity index (χ0n) is 9.26. The Kier molecular flexibility index (Phi) is 2.44. The highest BCUT2D eigenvalue weighted by molar-refractivity contribution is 9.10. The van der Waals surface area contributed by atoms with Gasteiger partial charge in [-0.15, -0.1) is 0 Å². The molecule has 2 heterocycles. The molecule has 0 atom stereocenters. The van der Waals surface area contributed by atoms with Crippen LogP contribution in [0.5, 0.6) is 0 Å². The van der Waals surface area contributed by atoms with Crippen molar-refractivity contribution in [3.8, 4) is 5.82 Å². The van der Waals surface area contributed by atoms with Crippen LogP contribution in [-0.2, 0) is 0 Å². The Morgan fingerprint density at radius 2 is 1.94 bits per heavy atom. The molecule has 0 spiro atoms. The quantitative estimate of drug-likeness (QED) is 0.686. The molecule has 2 aromatic heterocycles. The second-order valence-electron chi connectivity index (χ2n) is 3.81. The van der Waals surface area contributed by atoms with Gasteiger partial charge in [0.05, 0.1) is 0 Å². The Morgan fingerprint density at radius 1 is 1.06 bits per heavy atom. The van der Waals surface area contributed by atoms with Gasteiger partial charge in [0.2, 0.25) is 0 Å². The van der Waals surface area contributed by atoms with Crippen molar-refractivity contribution in [2.45, 2.75) is 6.92 Å². The fourth-order valence-corrected chi connectivity index (χ4v) is 2.45. The van der Waals surface area contributed by atoms with E-state index in [4.69, 9.17) is 0 Å². The Balaban J connectivity index is 2.38. The van der Waals surface area contributed by atoms with Gasteiger partial charge in [-0.1, -0.05) is 28.1 Å². The fraction of sp³-hybridized carbons (Fsp3) is 0.0769. The van der Waals surface area contributed by atoms with Crippen molar-refractivity contribution in [2.24, 2.45) is 0 Å². The summed E-state index contributed by atoms with van der Waals surface area (Å²) in [5.41, 5.74) is 0. The smallest absolute Gasteiger partial charge is 0.145 e. The maximum absolute atomic E-state index is 4.45. The number of pyridine rings is 1. The van der Waals surface area contributed by atoms with Gasteiger partial charge >= 0.3 is 0 Å². The van der Waals surface area contributed by atoms with E-state index < -0.39 is 0 Å². The molecule has 0 N–H and O–H groups in total. The molecular weight excluding hydrogens is 278 g/mol. The van der Waals surface area contributed by atoms with Crippen LogP contribution in [0.3, 0.4) is 0 Å². The lowest BCUT2D eigenvalue weighted by molar-refractivity contribution is 0.943. The van der Waals surface area contributed by atoms with Gasteiger partial charge in [0.1, 0.15) is 11.6 Å². The third-order valence-electron chi connectivity index (χ3n) is 2.79. The first kappa shape index (κ1) is 10.5. The van der Waals surface area contributed by atoms with E-state index in [2.05, 4.69) is 32.0 Å². The van der Waals surface area contributed by atoms with Crippen LogP contribution in [-0.4, -0.2) is 14.5 Å². The third kappa shape index (κ3) is 1.65. The summed E-state index contributed by atoms with van der Waals surface area (Å²) in [6.07, 6.45) is 5.54. The van der Waals surface area contributed by atoms with E-state index >= 15 is 0 Å². The molecule has 1 aromatic carbocycles. The van der Waals surface area contributed by atoms with Crippen LogP contribution in [0.1, 0.15) is 5.82 Å². The highest BCUT2D eigenvalue weighted by atomic mass is 79.9. The van der Waals surface area contributed by atoms with Crippen molar-refractivity contribution >= 4 is 26.7 Å². The summed E-state index contributed by atoms with van der Waals surface area (Å²) in [4.78, 5) is 8.69. The molecule has 0 unspecified atom stereocenters. The Bertz CT molecular complexity index is 688. The molecule has 0 bridgehead atoms. The molecule has 0 fully saturated rings. The van der Waals surface area contributed by atoms with Gasteiger partial charge in [-0.05, 0) is 19.1 Å². The molecule has 17 heavy (non-hydrogen) atoms. The molecule has 0 amide bonds. The van der Waals surface area contributed by atoms with Crippen LogP contribution in [0.15, 0.2) is 47.3 Å². The summed E-state index contributed by atoms with van der Waals surface area (Å²) in [6.45, 7) is 1.97. The zero-order chi connectivity index (χ0) is 11.8. The second-order valence-corrected chi connectivity index (χ2v) is 4.67. The molecule has 84 valence electrons. The van der Waals surface area contributed by atoms with E-state index in [0.29, 0.717) is 0 Å². The molecule has 0 saturated carbocycles. The first-order valence-electron chi connectivity index (χ1n) is 5.31. The van der Waals surface area contributed by atoms with Gasteiger partial charge in [0, 0.05) is 33.8 Å². The van der Waals surface area contributed by atoms with Crippen molar-refractivity contribution < 1.29 is 0 Å². The summed E-state index contributed by atoms with van der Waals surface area (Å²) in [7, 11) is 0. The SMILES string of the molecule is Cc1nccn1-c1nccc2c(Br)cccc12. The van der Waals surface area contributed by atoms with Crippen LogP contribution < -0.4 is 0 Å². The first-order chi connectivity index (χ1) is 8.27. The van der Waals surface area contributed by atoms with E-state index in [0.717, 1.165) is 26.9 Å². The molecule has 0 saturated heterocycles. The highest BCUT2D eigenvalue weighted by Gasteiger charge is 2.07. The van der Waals surface area contributed by atoms with Crippen molar-refractivity contribution in [3.05, 3.63) is 53.2 Å². The molecule has 0 radical (unpaired) electrons. The van der Waals surface area contributed by atoms with Crippen LogP contribution in [0, 0.1) is 6.92 Å². The normalized spacial score (nSPS) is 10.9. The molecule has 3 rings (SSSR count). The number of rotatable bonds is 1. The van der Waals surface area contributed by atoms with Gasteiger partial charge < -0.3 is 0 Å². The number of benzene rings is 1. The van der Waals surface area contributed by atoms with Gasteiger partial charge in [-0.2, -0.15) is 0 Å². The largest absolute Gasteiger partial charge is 0.288 e. The fourth-order valence-electron chi connectivity index (χ4n) is 1.95. The standard InChI is InChI=1S/C13H10BrN3/c1-9-15-7-8-17(9)13-11-3-2-4-12(14)10(11)5-6-16-13/h2-8H,1H3. The molecular formula is C13H10BrN3. The number of hydrogen-bond donors (Lipinski definition) is 0. The predicted octanol–water partition coefficient (Wildman–Crippen LogP) is 3.49. The van der Waals surface area contributed by atoms with Crippen LogP contribution in [0.25, 0.3) is 16.6 Å². The minimum atomic E-state index is 0.916. The Labute approximate surface area is 107 Å². The number of halogens is 1. The van der Waals surface area contributed by atoms with E-state index in [1.54, 1.807) is 6.20 Å². The van der Waals surface area contributed by atoms with Crippen molar-refractivity contribution in [1.29, 1.82) is 0 Å². The lowest BCUT2D eigenvalue weighted by Gasteiger charge is -2.08. The molecule has 4 heteroatoms. The maximum atomic E-state index is 4.45. The molecule has 3 aromatic rings. The summed E-state index contributed by atoms with van der Waals surface area (Å²) in [5.74, 6) is 1.85. The Hall–Kier alpha value is -1.68. The van der Waals surface area contributed by atoms with Gasteiger partial charge in [-0.3, -0.25) is 4.57 Å². The molecule has 0 aliphatic heterocycles. The highest BCUT2D eigenvalue weighted by Crippen LogP contribution is 2.27. The third-order valence-corrected chi connectivity index (χ3v) is 3.48. The van der Waals surface area contributed by atoms with E-state index in [9.17, 15) is 0 Å². The van der Waals surface area contributed by atoms with Crippen LogP contribution in [0.2, 0.25) is 0 Å². The number of fused-ring (bicyclic) bond motifs is 1. The monoisotopic (exact) mass is 287 g/mol. The predicted molar refractivity (Wildman–Crippen MR) is 71.3 cm³/mol. The summed E-state index contributed by atoms with van der Waals surface area (Å²) >= 11 is 3.56. The number of hydrogen-bond acceptors (Lipinski definition) is 2. The summed E-state index contributed by atoms with van der Waals surface area (Å²) in [6, 6.07) is 8.13. The molecule has 3 nitrogen and oxygen atoms in total. The zero-order valence-corrected chi connectivity index (χ0v) is 10.8. The lowest BCUT2D eigenvalue weighted by Crippen LogP contribution is -1.99. The van der Waals surface area contributed by atoms with E-state index in [-0.39, 0.29) is 0 Å². The Morgan fingerprint density at radius 3 is 2.71 bits per heavy atom. The summed E-state index contributed by atoms with van der Waals surface area (Å²) in [5, 5.41) is 2.27. The minimum absolute atomic E-state index is 0.916. The number of imidazole rings is 1. The van der Waals surface area contributed by atoms with Crippen LogP contribution >= 0.6 is 15.9 Å². The first-order valence-corrected chi connectivity index (χ1v) is 6.10. The molecule has 0 aliphatic rings. The van der Waals surface area contributed by atoms with Crippen molar-refractivity contribution in [2.75, 3.05) is 0 Å². The topological polar surface area (TPSA) is 30.7 Å². The lowest BCUT2D eigenvalue weighted by atomic mass is 10.1. The summed E-state index contributed by atoms with van der Waals surface area (Å²) < 4.78 is 3.07. The van der Waals surface area contributed by atoms with E-state index in [1.165, 1.54) is 0 Å². The number of aryl methyl sites for hydroxylation is 1.